The highest BCUT2D eigenvalue weighted by molar-refractivity contribution is 14.0. The highest BCUT2D eigenvalue weighted by Gasteiger charge is 2.25. The number of guanidine groups is 1. The van der Waals surface area contributed by atoms with Crippen molar-refractivity contribution in [2.24, 2.45) is 4.99 Å². The molecule has 1 aliphatic rings. The minimum absolute atomic E-state index is 0. The van der Waals surface area contributed by atoms with E-state index in [1.165, 1.54) is 16.7 Å². The van der Waals surface area contributed by atoms with E-state index in [1.807, 2.05) is 35.8 Å². The van der Waals surface area contributed by atoms with E-state index in [-0.39, 0.29) is 30.1 Å². The Labute approximate surface area is 200 Å². The van der Waals surface area contributed by atoms with Crippen LogP contribution in [0, 0.1) is 13.8 Å². The van der Waals surface area contributed by atoms with Crippen LogP contribution < -0.4 is 5.32 Å². The quantitative estimate of drug-likeness (QED) is 0.235. The minimum Gasteiger partial charge on any atom is -0.370 e. The largest absolute Gasteiger partial charge is 0.370 e. The smallest absolute Gasteiger partial charge is 0.193 e. The standard InChI is InChI=1S/C23H30N6O.HI/c1-17-9-10-19(18(2)15-17)20-16-28(13-14-30-20)23(24-3)25-11-6-8-22-27-26-21-7-4-5-12-29(21)22;/h4-5,7,9-10,12,15,20H,6,8,11,13-14,16H2,1-3H3,(H,24,25);1H. The molecule has 1 unspecified atom stereocenters. The molecule has 0 saturated carbocycles. The van der Waals surface area contributed by atoms with E-state index >= 15 is 0 Å². The molecule has 1 N–H and O–H groups in total. The van der Waals surface area contributed by atoms with Crippen LogP contribution in [0.4, 0.5) is 0 Å². The van der Waals surface area contributed by atoms with Gasteiger partial charge in [-0.15, -0.1) is 34.2 Å². The first-order valence-electron chi connectivity index (χ1n) is 10.6. The second kappa shape index (κ2) is 10.9. The summed E-state index contributed by atoms with van der Waals surface area (Å²) in [6.45, 7) is 7.46. The van der Waals surface area contributed by atoms with Gasteiger partial charge in [-0.2, -0.15) is 0 Å². The summed E-state index contributed by atoms with van der Waals surface area (Å²) in [6, 6.07) is 12.5. The molecule has 166 valence electrons. The van der Waals surface area contributed by atoms with E-state index in [9.17, 15) is 0 Å². The molecule has 2 aromatic heterocycles. The molecule has 0 amide bonds. The summed E-state index contributed by atoms with van der Waals surface area (Å²) in [5, 5.41) is 12.0. The first-order valence-corrected chi connectivity index (χ1v) is 10.6. The van der Waals surface area contributed by atoms with Gasteiger partial charge >= 0.3 is 0 Å². The number of nitrogens with one attached hydrogen (secondary N) is 1. The van der Waals surface area contributed by atoms with E-state index in [0.29, 0.717) is 6.61 Å². The van der Waals surface area contributed by atoms with Crippen LogP contribution in [0.2, 0.25) is 0 Å². The summed E-state index contributed by atoms with van der Waals surface area (Å²) in [7, 11) is 1.84. The van der Waals surface area contributed by atoms with Crippen LogP contribution in [-0.2, 0) is 11.2 Å². The third-order valence-electron chi connectivity index (χ3n) is 5.59. The van der Waals surface area contributed by atoms with Crippen molar-refractivity contribution in [3.63, 3.8) is 0 Å². The predicted molar refractivity (Wildman–Crippen MR) is 134 cm³/mol. The summed E-state index contributed by atoms with van der Waals surface area (Å²) in [6.07, 6.45) is 3.90. The lowest BCUT2D eigenvalue weighted by atomic mass is 10.00. The molecule has 0 aliphatic carbocycles. The van der Waals surface area contributed by atoms with Crippen molar-refractivity contribution >= 4 is 35.6 Å². The Kier molecular flexibility index (Phi) is 8.25. The Bertz CT molecular complexity index is 1030. The average Bonchev–Trinajstić information content (AvgIpc) is 3.17. The van der Waals surface area contributed by atoms with Crippen molar-refractivity contribution in [1.82, 2.24) is 24.8 Å². The Morgan fingerprint density at radius 2 is 2.10 bits per heavy atom. The van der Waals surface area contributed by atoms with Crippen molar-refractivity contribution in [2.75, 3.05) is 33.3 Å². The molecule has 8 heteroatoms. The number of hydrogen-bond acceptors (Lipinski definition) is 4. The Hall–Kier alpha value is -2.20. The molecule has 1 aromatic carbocycles. The second-order valence-electron chi connectivity index (χ2n) is 7.79. The number of halogens is 1. The van der Waals surface area contributed by atoms with Crippen molar-refractivity contribution in [1.29, 1.82) is 0 Å². The fourth-order valence-electron chi connectivity index (χ4n) is 4.06. The maximum Gasteiger partial charge on any atom is 0.193 e. The Morgan fingerprint density at radius 3 is 2.90 bits per heavy atom. The number of hydrogen-bond donors (Lipinski definition) is 1. The van der Waals surface area contributed by atoms with Gasteiger partial charge in [0.1, 0.15) is 11.9 Å². The van der Waals surface area contributed by atoms with Crippen LogP contribution in [0.15, 0.2) is 47.6 Å². The number of pyridine rings is 1. The van der Waals surface area contributed by atoms with Crippen LogP contribution >= 0.6 is 24.0 Å². The van der Waals surface area contributed by atoms with E-state index in [2.05, 4.69) is 57.5 Å². The summed E-state index contributed by atoms with van der Waals surface area (Å²) in [4.78, 5) is 6.80. The van der Waals surface area contributed by atoms with Crippen molar-refractivity contribution in [3.8, 4) is 0 Å². The first kappa shape index (κ1) is 23.5. The van der Waals surface area contributed by atoms with Crippen molar-refractivity contribution in [2.45, 2.75) is 32.8 Å². The van der Waals surface area contributed by atoms with E-state index in [1.54, 1.807) is 0 Å². The molecule has 1 fully saturated rings. The number of benzene rings is 1. The van der Waals surface area contributed by atoms with Crippen LogP contribution in [0.3, 0.4) is 0 Å². The molecule has 1 saturated heterocycles. The zero-order valence-electron chi connectivity index (χ0n) is 18.4. The Morgan fingerprint density at radius 1 is 1.23 bits per heavy atom. The van der Waals surface area contributed by atoms with Crippen LogP contribution in [0.25, 0.3) is 5.65 Å². The summed E-state index contributed by atoms with van der Waals surface area (Å²) in [5.41, 5.74) is 4.72. The minimum atomic E-state index is 0. The van der Waals surface area contributed by atoms with Gasteiger partial charge in [-0.3, -0.25) is 9.39 Å². The molecule has 31 heavy (non-hydrogen) atoms. The first-order chi connectivity index (χ1) is 14.7. The number of ether oxygens (including phenoxy) is 1. The van der Waals surface area contributed by atoms with Crippen LogP contribution in [-0.4, -0.2) is 58.7 Å². The van der Waals surface area contributed by atoms with Gasteiger partial charge in [-0.05, 0) is 43.5 Å². The van der Waals surface area contributed by atoms with Gasteiger partial charge in [0, 0.05) is 32.8 Å². The van der Waals surface area contributed by atoms with Crippen LogP contribution in [0.1, 0.15) is 35.0 Å². The molecule has 0 radical (unpaired) electrons. The molecular weight excluding hydrogens is 503 g/mol. The SMILES string of the molecule is CN=C(NCCCc1nnc2ccccn12)N1CCOC(c2ccc(C)cc2C)C1.I. The molecular formula is C23H31IN6O. The summed E-state index contributed by atoms with van der Waals surface area (Å²) < 4.78 is 8.13. The fraction of sp³-hybridized carbons (Fsp3) is 0.435. The number of aliphatic imine (C=N–C) groups is 1. The third-order valence-corrected chi connectivity index (χ3v) is 5.59. The van der Waals surface area contributed by atoms with Gasteiger partial charge in [-0.25, -0.2) is 0 Å². The molecule has 0 bridgehead atoms. The monoisotopic (exact) mass is 534 g/mol. The predicted octanol–water partition coefficient (Wildman–Crippen LogP) is 3.55. The second-order valence-corrected chi connectivity index (χ2v) is 7.79. The lowest BCUT2D eigenvalue weighted by molar-refractivity contribution is -0.00831. The zero-order valence-corrected chi connectivity index (χ0v) is 20.7. The number of morpholine rings is 1. The maximum atomic E-state index is 6.08. The molecule has 0 spiro atoms. The molecule has 7 nitrogen and oxygen atoms in total. The highest BCUT2D eigenvalue weighted by Crippen LogP contribution is 2.25. The molecule has 3 aromatic rings. The number of rotatable bonds is 5. The third kappa shape index (κ3) is 5.54. The van der Waals surface area contributed by atoms with E-state index in [0.717, 1.165) is 49.9 Å². The zero-order chi connectivity index (χ0) is 20.9. The lowest BCUT2D eigenvalue weighted by Gasteiger charge is -2.35. The molecule has 3 heterocycles. The maximum absolute atomic E-state index is 6.08. The molecule has 4 rings (SSSR count). The molecule has 1 aliphatic heterocycles. The van der Waals surface area contributed by atoms with Gasteiger partial charge in [-0.1, -0.05) is 29.8 Å². The van der Waals surface area contributed by atoms with Gasteiger partial charge in [0.15, 0.2) is 11.6 Å². The summed E-state index contributed by atoms with van der Waals surface area (Å²) in [5.74, 6) is 1.92. The van der Waals surface area contributed by atoms with E-state index in [4.69, 9.17) is 4.74 Å². The normalized spacial score (nSPS) is 16.9. The Balaban J connectivity index is 0.00000272. The fourth-order valence-corrected chi connectivity index (χ4v) is 4.06. The van der Waals surface area contributed by atoms with Gasteiger partial charge in [0.25, 0.3) is 0 Å². The van der Waals surface area contributed by atoms with Gasteiger partial charge in [0.05, 0.1) is 13.2 Å². The lowest BCUT2D eigenvalue weighted by Crippen LogP contribution is -2.48. The van der Waals surface area contributed by atoms with Crippen molar-refractivity contribution in [3.05, 3.63) is 65.1 Å². The number of nitrogens with zero attached hydrogens (tertiary/aromatic N) is 5. The molecule has 1 atom stereocenters. The highest BCUT2D eigenvalue weighted by atomic mass is 127. The van der Waals surface area contributed by atoms with E-state index < -0.39 is 0 Å². The number of aryl methyl sites for hydroxylation is 3. The van der Waals surface area contributed by atoms with Gasteiger partial charge in [0.2, 0.25) is 0 Å². The number of aromatic nitrogens is 3. The summed E-state index contributed by atoms with van der Waals surface area (Å²) >= 11 is 0. The van der Waals surface area contributed by atoms with Crippen LogP contribution in [0.5, 0.6) is 0 Å². The number of fused-ring (bicyclic) bond motifs is 1. The van der Waals surface area contributed by atoms with Gasteiger partial charge < -0.3 is 15.0 Å². The topological polar surface area (TPSA) is 67.0 Å². The average molecular weight is 534 g/mol. The van der Waals surface area contributed by atoms with Crippen molar-refractivity contribution < 1.29 is 4.74 Å².